The minimum absolute atomic E-state index is 0.265. The lowest BCUT2D eigenvalue weighted by Crippen LogP contribution is -2.31. The highest BCUT2D eigenvalue weighted by atomic mass is 16.5. The number of hydrogen-bond acceptors (Lipinski definition) is 4. The summed E-state index contributed by atoms with van der Waals surface area (Å²) in [6, 6.07) is 7.53. The molecule has 0 N–H and O–H groups in total. The number of aryl methyl sites for hydroxylation is 2. The summed E-state index contributed by atoms with van der Waals surface area (Å²) >= 11 is 0. The summed E-state index contributed by atoms with van der Waals surface area (Å²) < 4.78 is 5.04. The van der Waals surface area contributed by atoms with E-state index in [1.165, 1.54) is 16.0 Å². The molecule has 5 heteroatoms. The van der Waals surface area contributed by atoms with Crippen molar-refractivity contribution in [1.29, 1.82) is 5.26 Å². The number of nitrogens with zero attached hydrogens (tertiary/aromatic N) is 2. The van der Waals surface area contributed by atoms with E-state index in [2.05, 4.69) is 0 Å². The highest BCUT2D eigenvalue weighted by molar-refractivity contribution is 5.91. The number of ether oxygens (including phenoxy) is 1. The first-order valence-corrected chi connectivity index (χ1v) is 7.01. The lowest BCUT2D eigenvalue weighted by Gasteiger charge is -2.15. The highest BCUT2D eigenvalue weighted by Gasteiger charge is 2.16. The number of carbonyl (C=O) groups excluding carboxylic acids is 2. The first-order valence-electron chi connectivity index (χ1n) is 7.01. The highest BCUT2D eigenvalue weighted by Crippen LogP contribution is 2.23. The molecular formula is C16H18N2O3. The van der Waals surface area contributed by atoms with Crippen molar-refractivity contribution in [2.24, 2.45) is 0 Å². The maximum absolute atomic E-state index is 11.9. The second kappa shape index (κ2) is 6.89. The molecule has 0 radical (unpaired) electrons. The first kappa shape index (κ1) is 15.0. The standard InChI is InChI=1S/C16H18N2O3/c1-18(9-3-8-17)15(19)11-21-16(20)14-7-6-12-4-2-5-13(12)10-14/h6-7,10H,2-5,9,11H2,1H3. The Labute approximate surface area is 124 Å². The zero-order valence-electron chi connectivity index (χ0n) is 12.1. The maximum atomic E-state index is 11.9. The Balaban J connectivity index is 1.87. The van der Waals surface area contributed by atoms with Gasteiger partial charge in [0.25, 0.3) is 5.91 Å². The van der Waals surface area contributed by atoms with E-state index in [0.717, 1.165) is 19.3 Å². The van der Waals surface area contributed by atoms with Gasteiger partial charge in [-0.05, 0) is 42.5 Å². The monoisotopic (exact) mass is 286 g/mol. The summed E-state index contributed by atoms with van der Waals surface area (Å²) in [5, 5.41) is 8.47. The molecule has 1 aliphatic carbocycles. The molecule has 0 saturated heterocycles. The molecule has 0 heterocycles. The van der Waals surface area contributed by atoms with Gasteiger partial charge in [0.1, 0.15) is 0 Å². The van der Waals surface area contributed by atoms with E-state index >= 15 is 0 Å². The van der Waals surface area contributed by atoms with Crippen LogP contribution in [0.3, 0.4) is 0 Å². The number of nitriles is 1. The summed E-state index contributed by atoms with van der Waals surface area (Å²) in [6.45, 7) is 0.0452. The molecule has 0 spiro atoms. The molecule has 1 amide bonds. The topological polar surface area (TPSA) is 70.4 Å². The van der Waals surface area contributed by atoms with Crippen LogP contribution >= 0.6 is 0 Å². The second-order valence-electron chi connectivity index (χ2n) is 5.14. The van der Waals surface area contributed by atoms with E-state index in [9.17, 15) is 9.59 Å². The van der Waals surface area contributed by atoms with Gasteiger partial charge in [-0.2, -0.15) is 5.26 Å². The first-order chi connectivity index (χ1) is 10.1. The second-order valence-corrected chi connectivity index (χ2v) is 5.14. The molecule has 5 nitrogen and oxygen atoms in total. The van der Waals surface area contributed by atoms with Crippen molar-refractivity contribution in [3.05, 3.63) is 34.9 Å². The third-order valence-electron chi connectivity index (χ3n) is 3.65. The fraction of sp³-hybridized carbons (Fsp3) is 0.438. The molecule has 1 aliphatic rings. The van der Waals surface area contributed by atoms with Crippen molar-refractivity contribution in [3.8, 4) is 6.07 Å². The molecule has 0 aromatic heterocycles. The molecule has 2 rings (SSSR count). The molecule has 0 unspecified atom stereocenters. The van der Waals surface area contributed by atoms with Gasteiger partial charge in [-0.25, -0.2) is 4.79 Å². The van der Waals surface area contributed by atoms with Gasteiger partial charge in [-0.3, -0.25) is 4.79 Å². The summed E-state index contributed by atoms with van der Waals surface area (Å²) in [7, 11) is 1.59. The molecule has 0 saturated carbocycles. The number of amides is 1. The maximum Gasteiger partial charge on any atom is 0.338 e. The zero-order chi connectivity index (χ0) is 15.2. The van der Waals surface area contributed by atoms with E-state index < -0.39 is 5.97 Å². The lowest BCUT2D eigenvalue weighted by atomic mass is 10.1. The number of esters is 1. The molecule has 0 atom stereocenters. The predicted molar refractivity (Wildman–Crippen MR) is 76.6 cm³/mol. The average molecular weight is 286 g/mol. The summed E-state index contributed by atoms with van der Waals surface area (Å²) in [5.41, 5.74) is 2.98. The minimum Gasteiger partial charge on any atom is -0.452 e. The van der Waals surface area contributed by atoms with Crippen molar-refractivity contribution in [2.75, 3.05) is 20.2 Å². The van der Waals surface area contributed by atoms with Gasteiger partial charge in [0.2, 0.25) is 0 Å². The van der Waals surface area contributed by atoms with Gasteiger partial charge in [-0.15, -0.1) is 0 Å². The number of benzene rings is 1. The van der Waals surface area contributed by atoms with Gasteiger partial charge in [0, 0.05) is 13.6 Å². The fourth-order valence-corrected chi connectivity index (χ4v) is 2.36. The van der Waals surface area contributed by atoms with Crippen molar-refractivity contribution in [1.82, 2.24) is 4.90 Å². The van der Waals surface area contributed by atoms with Crippen molar-refractivity contribution in [2.45, 2.75) is 25.7 Å². The van der Waals surface area contributed by atoms with Gasteiger partial charge >= 0.3 is 5.97 Å². The molecular weight excluding hydrogens is 268 g/mol. The van der Waals surface area contributed by atoms with Crippen LogP contribution in [0, 0.1) is 11.3 Å². The number of fused-ring (bicyclic) bond motifs is 1. The van der Waals surface area contributed by atoms with Crippen LogP contribution in [-0.4, -0.2) is 37.0 Å². The Morgan fingerprint density at radius 2 is 2.10 bits per heavy atom. The van der Waals surface area contributed by atoms with Crippen molar-refractivity contribution in [3.63, 3.8) is 0 Å². The SMILES string of the molecule is CN(CCC#N)C(=O)COC(=O)c1ccc2c(c1)CCC2. The van der Waals surface area contributed by atoms with Crippen LogP contribution in [-0.2, 0) is 22.4 Å². The average Bonchev–Trinajstić information content (AvgIpc) is 2.97. The van der Waals surface area contributed by atoms with Gasteiger partial charge in [-0.1, -0.05) is 6.07 Å². The van der Waals surface area contributed by atoms with Crippen LogP contribution in [0.2, 0.25) is 0 Å². The van der Waals surface area contributed by atoms with Crippen LogP contribution in [0.5, 0.6) is 0 Å². The third-order valence-corrected chi connectivity index (χ3v) is 3.65. The van der Waals surface area contributed by atoms with Crippen LogP contribution in [0.25, 0.3) is 0 Å². The van der Waals surface area contributed by atoms with Gasteiger partial charge < -0.3 is 9.64 Å². The summed E-state index contributed by atoms with van der Waals surface area (Å²) in [5.74, 6) is -0.786. The Bertz CT molecular complexity index is 590. The van der Waals surface area contributed by atoms with Gasteiger partial charge in [0.05, 0.1) is 18.1 Å². The smallest absolute Gasteiger partial charge is 0.338 e. The molecule has 1 aromatic carbocycles. The number of hydrogen-bond donors (Lipinski definition) is 0. The molecule has 1 aromatic rings. The molecule has 0 fully saturated rings. The Kier molecular flexibility index (Phi) is 4.94. The Morgan fingerprint density at radius 1 is 1.33 bits per heavy atom. The molecule has 110 valence electrons. The van der Waals surface area contributed by atoms with Crippen molar-refractivity contribution < 1.29 is 14.3 Å². The zero-order valence-corrected chi connectivity index (χ0v) is 12.1. The summed E-state index contributed by atoms with van der Waals surface area (Å²) in [4.78, 5) is 25.0. The normalized spacial score (nSPS) is 12.4. The van der Waals surface area contributed by atoms with E-state index in [4.69, 9.17) is 10.00 Å². The largest absolute Gasteiger partial charge is 0.452 e. The number of likely N-dealkylation sites (N-methyl/N-ethyl adjacent to an activating group) is 1. The number of rotatable bonds is 5. The molecule has 21 heavy (non-hydrogen) atoms. The van der Waals surface area contributed by atoms with E-state index in [1.807, 2.05) is 18.2 Å². The van der Waals surface area contributed by atoms with Crippen LogP contribution in [0.15, 0.2) is 18.2 Å². The third kappa shape index (κ3) is 3.82. The quantitative estimate of drug-likeness (QED) is 0.772. The Morgan fingerprint density at radius 3 is 2.86 bits per heavy atom. The summed E-state index contributed by atoms with van der Waals surface area (Å²) in [6.07, 6.45) is 3.44. The van der Waals surface area contributed by atoms with E-state index in [0.29, 0.717) is 12.1 Å². The van der Waals surface area contributed by atoms with E-state index in [-0.39, 0.29) is 18.9 Å². The molecule has 0 bridgehead atoms. The van der Waals surface area contributed by atoms with Crippen LogP contribution < -0.4 is 0 Å². The minimum atomic E-state index is -0.480. The number of carbonyl (C=O) groups is 2. The van der Waals surface area contributed by atoms with E-state index in [1.54, 1.807) is 13.1 Å². The fourth-order valence-electron chi connectivity index (χ4n) is 2.36. The Hall–Kier alpha value is -2.35. The van der Waals surface area contributed by atoms with Crippen molar-refractivity contribution >= 4 is 11.9 Å². The van der Waals surface area contributed by atoms with Gasteiger partial charge in [0.15, 0.2) is 6.61 Å². The lowest BCUT2D eigenvalue weighted by molar-refractivity contribution is -0.133. The predicted octanol–water partition coefficient (Wildman–Crippen LogP) is 1.70. The van der Waals surface area contributed by atoms with Crippen LogP contribution in [0.4, 0.5) is 0 Å². The van der Waals surface area contributed by atoms with Crippen LogP contribution in [0.1, 0.15) is 34.3 Å². The molecule has 0 aliphatic heterocycles.